The van der Waals surface area contributed by atoms with Crippen molar-refractivity contribution >= 4 is 164 Å². The lowest BCUT2D eigenvalue weighted by Gasteiger charge is -2.27. The predicted octanol–water partition coefficient (Wildman–Crippen LogP) is 28.3. The average molecular weight is 1300 g/mol. The zero-order chi connectivity index (χ0) is 67.2. The molecule has 0 spiro atoms. The molecule has 0 radical (unpaired) electrons. The molecule has 2 heterocycles. The van der Waals surface area contributed by atoms with E-state index in [2.05, 4.69) is 362 Å². The van der Waals surface area contributed by atoms with Gasteiger partial charge < -0.3 is 18.6 Å². The Morgan fingerprint density at radius 2 is 0.471 bits per heavy atom. The molecule has 4 heteroatoms. The summed E-state index contributed by atoms with van der Waals surface area (Å²) < 4.78 is 12.8. The molecule has 0 bridgehead atoms. The van der Waals surface area contributed by atoms with E-state index in [1.54, 1.807) is 0 Å². The SMILES string of the molecule is c1ccc2c(N(c3ccc(-c4cc5ccccc5c5ccccc45)cc3)c3ccc4c(ccc5c6ccccc6oc45)c3)cccc2c1.c1ccc2c(N(c3ccc(-c4ccc(-c5cc6ccccc6c6ccccc56)cc4)cc3)c3ccc4c(ccc5c6ccccc6oc45)c3)cccc2c1. The number of furan rings is 2. The fourth-order valence-corrected chi connectivity index (χ4v) is 16.0. The first-order valence-corrected chi connectivity index (χ1v) is 34.9. The van der Waals surface area contributed by atoms with Crippen LogP contribution in [0.15, 0.2) is 385 Å². The first kappa shape index (κ1) is 58.6. The summed E-state index contributed by atoms with van der Waals surface area (Å²) in [6.45, 7) is 0. The number of anilines is 6. The Balaban J connectivity index is 0.000000138. The highest BCUT2D eigenvalue weighted by Gasteiger charge is 2.22. The molecule has 0 saturated carbocycles. The van der Waals surface area contributed by atoms with Gasteiger partial charge in [0, 0.05) is 65.8 Å². The van der Waals surface area contributed by atoms with Crippen LogP contribution in [0.4, 0.5) is 34.1 Å². The average Bonchev–Trinajstić information content (AvgIpc) is 1.27. The van der Waals surface area contributed by atoms with Crippen LogP contribution < -0.4 is 9.80 Å². The monoisotopic (exact) mass is 1300 g/mol. The molecule has 0 fully saturated rings. The highest BCUT2D eigenvalue weighted by Crippen LogP contribution is 2.47. The minimum absolute atomic E-state index is 0.915. The second-order valence-electron chi connectivity index (χ2n) is 26.6. The van der Waals surface area contributed by atoms with Crippen LogP contribution in [0.1, 0.15) is 0 Å². The van der Waals surface area contributed by atoms with Gasteiger partial charge >= 0.3 is 0 Å². The van der Waals surface area contributed by atoms with Crippen LogP contribution in [0.2, 0.25) is 0 Å². The molecule has 476 valence electrons. The molecule has 21 aromatic rings. The maximum absolute atomic E-state index is 6.40. The number of nitrogens with zero attached hydrogens (tertiary/aromatic N) is 2. The van der Waals surface area contributed by atoms with Crippen LogP contribution in [0.5, 0.6) is 0 Å². The lowest BCUT2D eigenvalue weighted by Crippen LogP contribution is -2.10. The van der Waals surface area contributed by atoms with E-state index >= 15 is 0 Å². The third-order valence-corrected chi connectivity index (χ3v) is 20.8. The Morgan fingerprint density at radius 1 is 0.167 bits per heavy atom. The van der Waals surface area contributed by atoms with Crippen molar-refractivity contribution in [2.24, 2.45) is 0 Å². The fraction of sp³-hybridized carbons (Fsp3) is 0. The van der Waals surface area contributed by atoms with Gasteiger partial charge in [0.15, 0.2) is 0 Å². The zero-order valence-electron chi connectivity index (χ0n) is 55.5. The molecule has 0 N–H and O–H groups in total. The van der Waals surface area contributed by atoms with E-state index < -0.39 is 0 Å². The molecule has 19 aromatic carbocycles. The Morgan fingerprint density at radius 3 is 0.912 bits per heavy atom. The van der Waals surface area contributed by atoms with Crippen molar-refractivity contribution in [1.82, 2.24) is 0 Å². The van der Waals surface area contributed by atoms with Crippen molar-refractivity contribution in [2.45, 2.75) is 0 Å². The van der Waals surface area contributed by atoms with E-state index in [0.717, 1.165) is 99.5 Å². The van der Waals surface area contributed by atoms with E-state index in [1.807, 2.05) is 24.3 Å². The standard InChI is InChI=1S/C52H33NO.C46H29NO/c1-4-14-43-36(10-1)12-9-18-50(43)53(41-29-31-44-39(32-41)26-30-48-47-17-7-8-19-51(47)54-52(44)48)40-27-24-35(25-28-40)34-20-22-37(23-21-34)49-33-38-11-2-3-13-42(38)45-15-5-6-16-46(45)49;1-4-14-37-30(10-1)12-9-18-44(37)47(35-25-27-38-33(28-35)22-26-42-41-17-7-8-19-45(41)48-46(38)42)34-23-20-31(21-24-34)43-29-32-11-2-3-13-36(32)39-15-5-6-16-40(39)43/h1-33H;1-29H. The topological polar surface area (TPSA) is 32.8 Å². The molecular formula is C98H62N2O2. The van der Waals surface area contributed by atoms with E-state index in [0.29, 0.717) is 0 Å². The van der Waals surface area contributed by atoms with Crippen molar-refractivity contribution in [1.29, 1.82) is 0 Å². The van der Waals surface area contributed by atoms with Gasteiger partial charge in [-0.2, -0.15) is 0 Å². The normalized spacial score (nSPS) is 11.7. The van der Waals surface area contributed by atoms with E-state index in [4.69, 9.17) is 8.83 Å². The molecule has 0 aliphatic rings. The zero-order valence-corrected chi connectivity index (χ0v) is 55.5. The molecule has 102 heavy (non-hydrogen) atoms. The van der Waals surface area contributed by atoms with Gasteiger partial charge in [-0.3, -0.25) is 0 Å². The van der Waals surface area contributed by atoms with Crippen molar-refractivity contribution in [3.63, 3.8) is 0 Å². The Hall–Kier alpha value is -13.5. The predicted molar refractivity (Wildman–Crippen MR) is 433 cm³/mol. The summed E-state index contributed by atoms with van der Waals surface area (Å²) in [5.41, 5.74) is 17.6. The number of benzene rings is 19. The first-order chi connectivity index (χ1) is 50.6. The number of hydrogen-bond donors (Lipinski definition) is 0. The maximum atomic E-state index is 6.40. The summed E-state index contributed by atoms with van der Waals surface area (Å²) in [5, 5.41) is 24.1. The second kappa shape index (κ2) is 24.2. The molecule has 0 amide bonds. The molecule has 21 rings (SSSR count). The van der Waals surface area contributed by atoms with Gasteiger partial charge in [-0.05, 0) is 207 Å². The van der Waals surface area contributed by atoms with Crippen molar-refractivity contribution in [2.75, 3.05) is 9.80 Å². The Labute approximate surface area is 588 Å². The summed E-state index contributed by atoms with van der Waals surface area (Å²) in [5.74, 6) is 0. The van der Waals surface area contributed by atoms with Gasteiger partial charge in [0.2, 0.25) is 0 Å². The van der Waals surface area contributed by atoms with Gasteiger partial charge in [-0.25, -0.2) is 0 Å². The highest BCUT2D eigenvalue weighted by molar-refractivity contribution is 6.19. The lowest BCUT2D eigenvalue weighted by molar-refractivity contribution is 0.672. The van der Waals surface area contributed by atoms with Gasteiger partial charge in [-0.1, -0.05) is 267 Å². The molecule has 0 aliphatic heterocycles. The highest BCUT2D eigenvalue weighted by atomic mass is 16.3. The van der Waals surface area contributed by atoms with E-state index in [1.165, 1.54) is 98.0 Å². The van der Waals surface area contributed by atoms with Crippen LogP contribution in [0.3, 0.4) is 0 Å². The third kappa shape index (κ3) is 9.91. The molecule has 0 unspecified atom stereocenters. The molecule has 4 nitrogen and oxygen atoms in total. The molecular weight excluding hydrogens is 1240 g/mol. The number of rotatable bonds is 9. The van der Waals surface area contributed by atoms with Crippen molar-refractivity contribution in [3.05, 3.63) is 376 Å². The smallest absolute Gasteiger partial charge is 0.143 e. The summed E-state index contributed by atoms with van der Waals surface area (Å²) in [6.07, 6.45) is 0. The van der Waals surface area contributed by atoms with Crippen molar-refractivity contribution in [3.8, 4) is 33.4 Å². The number of fused-ring (bicyclic) bond motifs is 18. The minimum atomic E-state index is 0.915. The van der Waals surface area contributed by atoms with Crippen LogP contribution in [-0.4, -0.2) is 0 Å². The van der Waals surface area contributed by atoms with Crippen molar-refractivity contribution < 1.29 is 8.83 Å². The summed E-state index contributed by atoms with van der Waals surface area (Å²) >= 11 is 0. The molecule has 2 aromatic heterocycles. The summed E-state index contributed by atoms with van der Waals surface area (Å²) in [4.78, 5) is 4.76. The van der Waals surface area contributed by atoms with Crippen LogP contribution in [0.25, 0.3) is 163 Å². The Kier molecular flexibility index (Phi) is 13.9. The largest absolute Gasteiger partial charge is 0.455 e. The number of hydrogen-bond acceptors (Lipinski definition) is 4. The lowest BCUT2D eigenvalue weighted by atomic mass is 9.92. The number of para-hydroxylation sites is 2. The van der Waals surface area contributed by atoms with Gasteiger partial charge in [0.1, 0.15) is 22.3 Å². The maximum Gasteiger partial charge on any atom is 0.143 e. The molecule has 0 saturated heterocycles. The van der Waals surface area contributed by atoms with E-state index in [-0.39, 0.29) is 0 Å². The quantitative estimate of drug-likeness (QED) is 0.135. The van der Waals surface area contributed by atoms with Crippen LogP contribution >= 0.6 is 0 Å². The Bertz CT molecular complexity index is 6870. The summed E-state index contributed by atoms with van der Waals surface area (Å²) in [6, 6.07) is 136. The first-order valence-electron chi connectivity index (χ1n) is 34.9. The molecule has 0 atom stereocenters. The van der Waals surface area contributed by atoms with Gasteiger partial charge in [0.25, 0.3) is 0 Å². The summed E-state index contributed by atoms with van der Waals surface area (Å²) in [7, 11) is 0. The second-order valence-corrected chi connectivity index (χ2v) is 26.6. The van der Waals surface area contributed by atoms with Gasteiger partial charge in [-0.15, -0.1) is 0 Å². The van der Waals surface area contributed by atoms with Crippen LogP contribution in [0, 0.1) is 0 Å². The van der Waals surface area contributed by atoms with Crippen LogP contribution in [-0.2, 0) is 0 Å². The van der Waals surface area contributed by atoms with E-state index in [9.17, 15) is 0 Å². The van der Waals surface area contributed by atoms with Gasteiger partial charge in [0.05, 0.1) is 11.4 Å². The third-order valence-electron chi connectivity index (χ3n) is 20.8. The molecule has 0 aliphatic carbocycles. The fourth-order valence-electron chi connectivity index (χ4n) is 16.0. The minimum Gasteiger partial charge on any atom is -0.455 e.